The molecule has 2 saturated heterocycles. The highest BCUT2D eigenvalue weighted by Gasteiger charge is 2.33. The van der Waals surface area contributed by atoms with E-state index in [2.05, 4.69) is 6.92 Å². The van der Waals surface area contributed by atoms with Gasteiger partial charge in [0.2, 0.25) is 10.0 Å². The largest absolute Gasteiger partial charge is 0.335 e. The number of carbonyl (C=O) groups excluding carboxylic acids is 1. The fourth-order valence-electron chi connectivity index (χ4n) is 4.06. The minimum atomic E-state index is -3.68. The lowest BCUT2D eigenvalue weighted by molar-refractivity contribution is -0.896. The lowest BCUT2D eigenvalue weighted by Crippen LogP contribution is -3.15. The zero-order valence-electron chi connectivity index (χ0n) is 15.9. The molecule has 3 rings (SSSR count). The molecule has 8 heteroatoms. The number of quaternary nitrogens is 1. The summed E-state index contributed by atoms with van der Waals surface area (Å²) in [6.07, 6.45) is 4.32. The molecule has 1 aromatic carbocycles. The van der Waals surface area contributed by atoms with Crippen LogP contribution in [-0.2, 0) is 14.8 Å². The molecule has 27 heavy (non-hydrogen) atoms. The van der Waals surface area contributed by atoms with Crippen LogP contribution in [0, 0.1) is 5.82 Å². The molecule has 1 atom stereocenters. The molecule has 0 saturated carbocycles. The maximum atomic E-state index is 13.4. The van der Waals surface area contributed by atoms with E-state index in [0.29, 0.717) is 38.8 Å². The molecule has 6 nitrogen and oxygen atoms in total. The number of hydrogen-bond donors (Lipinski definition) is 1. The van der Waals surface area contributed by atoms with E-state index in [1.54, 1.807) is 0 Å². The summed E-state index contributed by atoms with van der Waals surface area (Å²) in [6, 6.07) is 5.46. The molecule has 2 aliphatic heterocycles. The molecular weight excluding hydrogens is 369 g/mol. The number of likely N-dealkylation sites (tertiary alicyclic amines) is 1. The third-order valence-electron chi connectivity index (χ3n) is 5.68. The van der Waals surface area contributed by atoms with E-state index >= 15 is 0 Å². The topological polar surface area (TPSA) is 62.1 Å². The first-order valence-corrected chi connectivity index (χ1v) is 11.2. The Bertz CT molecular complexity index is 763. The average Bonchev–Trinajstić information content (AvgIpc) is 2.68. The highest BCUT2D eigenvalue weighted by molar-refractivity contribution is 7.89. The van der Waals surface area contributed by atoms with Crippen molar-refractivity contribution >= 4 is 15.9 Å². The number of benzene rings is 1. The van der Waals surface area contributed by atoms with Crippen LogP contribution in [0.1, 0.15) is 32.6 Å². The van der Waals surface area contributed by atoms with E-state index in [9.17, 15) is 17.6 Å². The number of rotatable bonds is 5. The van der Waals surface area contributed by atoms with Crippen molar-refractivity contribution in [2.75, 3.05) is 39.3 Å². The number of hydrogen-bond acceptors (Lipinski definition) is 3. The Labute approximate surface area is 161 Å². The number of sulfonamides is 1. The molecule has 0 aliphatic carbocycles. The number of piperidine rings is 1. The zero-order valence-corrected chi connectivity index (χ0v) is 16.7. The molecule has 0 radical (unpaired) electrons. The second-order valence-corrected chi connectivity index (χ2v) is 9.37. The molecule has 150 valence electrons. The molecule has 2 fully saturated rings. The highest BCUT2D eigenvalue weighted by Crippen LogP contribution is 2.19. The Morgan fingerprint density at radius 1 is 1.22 bits per heavy atom. The van der Waals surface area contributed by atoms with Crippen LogP contribution in [0.5, 0.6) is 0 Å². The summed E-state index contributed by atoms with van der Waals surface area (Å²) >= 11 is 0. The summed E-state index contributed by atoms with van der Waals surface area (Å²) in [5, 5.41) is 0. The number of piperazine rings is 1. The van der Waals surface area contributed by atoms with Crippen LogP contribution in [0.2, 0.25) is 0 Å². The molecule has 1 aromatic rings. The summed E-state index contributed by atoms with van der Waals surface area (Å²) in [6.45, 7) is 5.25. The van der Waals surface area contributed by atoms with E-state index in [1.807, 2.05) is 4.90 Å². The fraction of sp³-hybridized carbons (Fsp3) is 0.632. The second kappa shape index (κ2) is 8.67. The first kappa shape index (κ1) is 20.2. The van der Waals surface area contributed by atoms with Crippen molar-refractivity contribution in [2.24, 2.45) is 0 Å². The van der Waals surface area contributed by atoms with Gasteiger partial charge in [-0.2, -0.15) is 4.31 Å². The van der Waals surface area contributed by atoms with Gasteiger partial charge in [-0.25, -0.2) is 12.8 Å². The third-order valence-corrected chi connectivity index (χ3v) is 7.58. The summed E-state index contributed by atoms with van der Waals surface area (Å²) in [5.41, 5.74) is 0. The Hall–Kier alpha value is -1.51. The number of halogens is 1. The van der Waals surface area contributed by atoms with Crippen LogP contribution >= 0.6 is 0 Å². The van der Waals surface area contributed by atoms with Gasteiger partial charge in [0.05, 0.1) is 31.1 Å². The molecule has 0 aromatic heterocycles. The van der Waals surface area contributed by atoms with Gasteiger partial charge in [-0.1, -0.05) is 13.0 Å². The lowest BCUT2D eigenvalue weighted by Gasteiger charge is -2.37. The standard InChI is InChI=1S/C19H28FN3O3S/c1-2-17-7-3-4-9-23(17)19(24)15-21-10-12-22(13-11-21)27(25,26)18-8-5-6-16(20)14-18/h5-6,8,14,17H,2-4,7,9-13,15H2,1H3/p+1/t17-/m1/s1. The Kier molecular flexibility index (Phi) is 6.49. The van der Waals surface area contributed by atoms with Crippen molar-refractivity contribution in [3.8, 4) is 0 Å². The van der Waals surface area contributed by atoms with E-state index in [-0.39, 0.29) is 10.8 Å². The van der Waals surface area contributed by atoms with Crippen molar-refractivity contribution in [1.29, 1.82) is 0 Å². The zero-order chi connectivity index (χ0) is 19.4. The molecule has 0 bridgehead atoms. The smallest absolute Gasteiger partial charge is 0.278 e. The first-order valence-electron chi connectivity index (χ1n) is 9.80. The van der Waals surface area contributed by atoms with Gasteiger partial charge < -0.3 is 9.80 Å². The summed E-state index contributed by atoms with van der Waals surface area (Å²) in [7, 11) is -3.68. The minimum Gasteiger partial charge on any atom is -0.335 e. The molecule has 2 heterocycles. The predicted molar refractivity (Wildman–Crippen MR) is 100 cm³/mol. The van der Waals surface area contributed by atoms with Crippen LogP contribution in [0.3, 0.4) is 0 Å². The maximum absolute atomic E-state index is 13.4. The minimum absolute atomic E-state index is 0.0128. The van der Waals surface area contributed by atoms with Crippen molar-refractivity contribution in [3.63, 3.8) is 0 Å². The van der Waals surface area contributed by atoms with Crippen LogP contribution in [0.15, 0.2) is 29.2 Å². The van der Waals surface area contributed by atoms with Gasteiger partial charge in [-0.15, -0.1) is 0 Å². The van der Waals surface area contributed by atoms with Crippen LogP contribution in [-0.4, -0.2) is 68.8 Å². The number of amides is 1. The maximum Gasteiger partial charge on any atom is 0.278 e. The van der Waals surface area contributed by atoms with Gasteiger partial charge in [0, 0.05) is 12.6 Å². The van der Waals surface area contributed by atoms with E-state index in [0.717, 1.165) is 36.8 Å². The van der Waals surface area contributed by atoms with Gasteiger partial charge >= 0.3 is 0 Å². The fourth-order valence-corrected chi connectivity index (χ4v) is 5.54. The van der Waals surface area contributed by atoms with Gasteiger partial charge in [0.25, 0.3) is 5.91 Å². The molecule has 2 aliphatic rings. The van der Waals surface area contributed by atoms with Gasteiger partial charge in [0.15, 0.2) is 6.54 Å². The van der Waals surface area contributed by atoms with Crippen LogP contribution in [0.25, 0.3) is 0 Å². The molecule has 0 unspecified atom stereocenters. The van der Waals surface area contributed by atoms with Gasteiger partial charge in [0.1, 0.15) is 5.82 Å². The summed E-state index contributed by atoms with van der Waals surface area (Å²) in [4.78, 5) is 15.8. The second-order valence-electron chi connectivity index (χ2n) is 7.43. The quantitative estimate of drug-likeness (QED) is 0.786. The van der Waals surface area contributed by atoms with Crippen molar-refractivity contribution in [1.82, 2.24) is 9.21 Å². The number of carbonyl (C=O) groups is 1. The lowest BCUT2D eigenvalue weighted by atomic mass is 10.00. The normalized spacial score (nSPS) is 22.7. The van der Waals surface area contributed by atoms with Gasteiger partial charge in [-0.05, 0) is 43.9 Å². The highest BCUT2D eigenvalue weighted by atomic mass is 32.2. The van der Waals surface area contributed by atoms with Crippen LogP contribution in [0.4, 0.5) is 4.39 Å². The van der Waals surface area contributed by atoms with E-state index < -0.39 is 15.8 Å². The van der Waals surface area contributed by atoms with E-state index in [4.69, 9.17) is 0 Å². The van der Waals surface area contributed by atoms with Crippen LogP contribution < -0.4 is 4.90 Å². The molecular formula is C19H29FN3O3S+. The average molecular weight is 399 g/mol. The van der Waals surface area contributed by atoms with Crippen molar-refractivity contribution in [3.05, 3.63) is 30.1 Å². The summed E-state index contributed by atoms with van der Waals surface area (Å²) < 4.78 is 40.1. The monoisotopic (exact) mass is 398 g/mol. The predicted octanol–water partition coefficient (Wildman–Crippen LogP) is 0.506. The first-order chi connectivity index (χ1) is 12.9. The summed E-state index contributed by atoms with van der Waals surface area (Å²) in [5.74, 6) is -0.379. The Balaban J connectivity index is 1.56. The molecule has 1 amide bonds. The molecule has 1 N–H and O–H groups in total. The van der Waals surface area contributed by atoms with Crippen molar-refractivity contribution in [2.45, 2.75) is 43.5 Å². The molecule has 0 spiro atoms. The van der Waals surface area contributed by atoms with Gasteiger partial charge in [-0.3, -0.25) is 4.79 Å². The number of nitrogens with one attached hydrogen (secondary N) is 1. The SMILES string of the molecule is CC[C@@H]1CCCCN1C(=O)C[NH+]1CCN(S(=O)(=O)c2cccc(F)c2)CC1. The Morgan fingerprint density at radius 3 is 2.63 bits per heavy atom. The van der Waals surface area contributed by atoms with Crippen molar-refractivity contribution < 1.29 is 22.5 Å². The Morgan fingerprint density at radius 2 is 1.96 bits per heavy atom. The number of nitrogens with zero attached hydrogens (tertiary/aromatic N) is 2. The third kappa shape index (κ3) is 4.67. The van der Waals surface area contributed by atoms with E-state index in [1.165, 1.54) is 28.9 Å².